The van der Waals surface area contributed by atoms with Crippen molar-refractivity contribution in [3.05, 3.63) is 99.6 Å². The lowest BCUT2D eigenvalue weighted by Crippen LogP contribution is -2.22. The molecule has 0 spiro atoms. The van der Waals surface area contributed by atoms with E-state index in [2.05, 4.69) is 10.1 Å². The van der Waals surface area contributed by atoms with Crippen LogP contribution in [-0.2, 0) is 14.3 Å². The highest BCUT2D eigenvalue weighted by atomic mass is 16.6. The molecule has 9 nitrogen and oxygen atoms in total. The van der Waals surface area contributed by atoms with Gasteiger partial charge in [-0.2, -0.15) is 0 Å². The summed E-state index contributed by atoms with van der Waals surface area (Å²) in [6, 6.07) is 18.4. The molecular formula is C26H21N3O6. The van der Waals surface area contributed by atoms with Gasteiger partial charge in [-0.25, -0.2) is 4.79 Å². The molecule has 0 fully saturated rings. The Balaban J connectivity index is 1.80. The Hall–Kier alpha value is -4.79. The molecule has 1 atom stereocenters. The van der Waals surface area contributed by atoms with E-state index in [-0.39, 0.29) is 11.6 Å². The maximum absolute atomic E-state index is 13.1. The van der Waals surface area contributed by atoms with Crippen LogP contribution in [0.5, 0.6) is 5.75 Å². The van der Waals surface area contributed by atoms with Crippen LogP contribution in [0.3, 0.4) is 0 Å². The Kier molecular flexibility index (Phi) is 6.68. The van der Waals surface area contributed by atoms with Crippen LogP contribution < -0.4 is 10.1 Å². The molecule has 1 N–H and O–H groups in total. The second kappa shape index (κ2) is 10.0. The number of amides is 1. The quantitative estimate of drug-likeness (QED) is 0.176. The summed E-state index contributed by atoms with van der Waals surface area (Å²) in [7, 11) is 2.86. The number of carbonyl (C=O) groups excluding carboxylic acids is 2. The van der Waals surface area contributed by atoms with Crippen molar-refractivity contribution in [2.75, 3.05) is 19.5 Å². The highest BCUT2D eigenvalue weighted by molar-refractivity contribution is 6.24. The molecule has 0 radical (unpaired) electrons. The zero-order valence-electron chi connectivity index (χ0n) is 18.9. The monoisotopic (exact) mass is 471 g/mol. The predicted octanol–water partition coefficient (Wildman–Crippen LogP) is 4.65. The molecule has 1 amide bonds. The van der Waals surface area contributed by atoms with Crippen LogP contribution >= 0.6 is 0 Å². The molecule has 0 saturated heterocycles. The van der Waals surface area contributed by atoms with Gasteiger partial charge in [0.05, 0.1) is 30.5 Å². The standard InChI is InChI=1S/C26H21N3O6/c1-34-20-11-8-18(9-12-20)27-25(17-6-3-16(4-7-17)5-14-23(30)35-2)24-21-15-19(29(32)33)10-13-22(21)28-26(24)31/h3-15,24H,1-2H3,(H,28,31). The van der Waals surface area contributed by atoms with Crippen LogP contribution in [0.1, 0.15) is 22.6 Å². The third-order valence-corrected chi connectivity index (χ3v) is 5.49. The number of ether oxygens (including phenoxy) is 2. The fraction of sp³-hybridized carbons (Fsp3) is 0.115. The van der Waals surface area contributed by atoms with Crippen molar-refractivity contribution in [3.8, 4) is 5.75 Å². The smallest absolute Gasteiger partial charge is 0.330 e. The van der Waals surface area contributed by atoms with Crippen LogP contribution in [0.4, 0.5) is 17.1 Å². The lowest BCUT2D eigenvalue weighted by Gasteiger charge is -2.14. The van der Waals surface area contributed by atoms with E-state index in [1.807, 2.05) is 0 Å². The first-order valence-electron chi connectivity index (χ1n) is 10.6. The number of nitrogens with zero attached hydrogens (tertiary/aromatic N) is 2. The summed E-state index contributed by atoms with van der Waals surface area (Å²) in [5.41, 5.74) is 3.28. The number of non-ortho nitro benzene ring substituents is 1. The maximum atomic E-state index is 13.1. The van der Waals surface area contributed by atoms with Gasteiger partial charge in [0.2, 0.25) is 5.91 Å². The average molecular weight is 471 g/mol. The fourth-order valence-corrected chi connectivity index (χ4v) is 3.72. The first-order chi connectivity index (χ1) is 16.9. The molecule has 1 aliphatic heterocycles. The number of hydrogen-bond acceptors (Lipinski definition) is 7. The summed E-state index contributed by atoms with van der Waals surface area (Å²) >= 11 is 0. The molecule has 0 aliphatic carbocycles. The third-order valence-electron chi connectivity index (χ3n) is 5.49. The fourth-order valence-electron chi connectivity index (χ4n) is 3.72. The number of rotatable bonds is 7. The minimum Gasteiger partial charge on any atom is -0.497 e. The average Bonchev–Trinajstić information content (AvgIpc) is 3.21. The number of fused-ring (bicyclic) bond motifs is 1. The first kappa shape index (κ1) is 23.4. The zero-order chi connectivity index (χ0) is 24.9. The Bertz CT molecular complexity index is 1340. The Morgan fingerprint density at radius 3 is 2.40 bits per heavy atom. The van der Waals surface area contributed by atoms with Gasteiger partial charge in [-0.15, -0.1) is 0 Å². The number of nitro benzene ring substituents is 1. The number of anilines is 1. The van der Waals surface area contributed by atoms with E-state index >= 15 is 0 Å². The van der Waals surface area contributed by atoms with Gasteiger partial charge < -0.3 is 14.8 Å². The Morgan fingerprint density at radius 2 is 1.77 bits per heavy atom. The number of aliphatic imine (C=N–C) groups is 1. The van der Waals surface area contributed by atoms with E-state index < -0.39 is 16.8 Å². The zero-order valence-corrected chi connectivity index (χ0v) is 18.9. The molecule has 1 aliphatic rings. The van der Waals surface area contributed by atoms with E-state index in [4.69, 9.17) is 9.73 Å². The first-order valence-corrected chi connectivity index (χ1v) is 10.6. The van der Waals surface area contributed by atoms with E-state index in [0.29, 0.717) is 34.0 Å². The van der Waals surface area contributed by atoms with Crippen LogP contribution in [0.15, 0.2) is 77.8 Å². The Labute approximate surface area is 200 Å². The van der Waals surface area contributed by atoms with Gasteiger partial charge >= 0.3 is 5.97 Å². The Morgan fingerprint density at radius 1 is 1.06 bits per heavy atom. The van der Waals surface area contributed by atoms with E-state index in [0.717, 1.165) is 5.56 Å². The van der Waals surface area contributed by atoms with Crippen molar-refractivity contribution in [2.45, 2.75) is 5.92 Å². The molecule has 3 aromatic carbocycles. The van der Waals surface area contributed by atoms with Crippen molar-refractivity contribution >= 4 is 40.7 Å². The minimum absolute atomic E-state index is 0.114. The van der Waals surface area contributed by atoms with Crippen LogP contribution in [-0.4, -0.2) is 36.7 Å². The van der Waals surface area contributed by atoms with Gasteiger partial charge in [0.25, 0.3) is 5.69 Å². The third kappa shape index (κ3) is 5.09. The predicted molar refractivity (Wildman–Crippen MR) is 131 cm³/mol. The molecule has 0 saturated carbocycles. The van der Waals surface area contributed by atoms with Gasteiger partial charge in [-0.05, 0) is 47.5 Å². The number of nitrogens with one attached hydrogen (secondary N) is 1. The number of hydrogen-bond donors (Lipinski definition) is 1. The molecule has 0 bridgehead atoms. The van der Waals surface area contributed by atoms with Gasteiger partial charge in [0.15, 0.2) is 0 Å². The largest absolute Gasteiger partial charge is 0.497 e. The van der Waals surface area contributed by atoms with Crippen molar-refractivity contribution in [2.24, 2.45) is 4.99 Å². The van der Waals surface area contributed by atoms with E-state index in [1.54, 1.807) is 61.7 Å². The second-order valence-electron chi connectivity index (χ2n) is 7.62. The number of esters is 1. The molecule has 176 valence electrons. The van der Waals surface area contributed by atoms with Gasteiger partial charge in [0.1, 0.15) is 11.7 Å². The van der Waals surface area contributed by atoms with E-state index in [1.165, 1.54) is 31.4 Å². The summed E-state index contributed by atoms with van der Waals surface area (Å²) < 4.78 is 9.81. The minimum atomic E-state index is -0.858. The topological polar surface area (TPSA) is 120 Å². The summed E-state index contributed by atoms with van der Waals surface area (Å²) in [6.07, 6.45) is 2.91. The molecule has 4 rings (SSSR count). The summed E-state index contributed by atoms with van der Waals surface area (Å²) in [5, 5.41) is 14.2. The van der Waals surface area contributed by atoms with Crippen molar-refractivity contribution in [1.29, 1.82) is 0 Å². The van der Waals surface area contributed by atoms with Gasteiger partial charge in [-0.1, -0.05) is 24.3 Å². The van der Waals surface area contributed by atoms with Crippen molar-refractivity contribution in [1.82, 2.24) is 0 Å². The summed E-state index contributed by atoms with van der Waals surface area (Å²) in [4.78, 5) is 40.1. The van der Waals surface area contributed by atoms with Crippen molar-refractivity contribution < 1.29 is 24.0 Å². The van der Waals surface area contributed by atoms with E-state index in [9.17, 15) is 19.7 Å². The SMILES string of the molecule is COC(=O)C=Cc1ccc(C(=Nc2ccc(OC)cc2)C2C(=O)Nc3ccc([N+](=O)[O-])cc32)cc1. The summed E-state index contributed by atoms with van der Waals surface area (Å²) in [5.74, 6) is -1.01. The molecule has 1 heterocycles. The second-order valence-corrected chi connectivity index (χ2v) is 7.62. The number of nitro groups is 1. The lowest BCUT2D eigenvalue weighted by molar-refractivity contribution is -0.384. The number of carbonyl (C=O) groups is 2. The molecule has 0 aromatic heterocycles. The molecule has 9 heteroatoms. The van der Waals surface area contributed by atoms with Crippen LogP contribution in [0.2, 0.25) is 0 Å². The number of benzene rings is 3. The van der Waals surface area contributed by atoms with Crippen LogP contribution in [0.25, 0.3) is 6.08 Å². The van der Waals surface area contributed by atoms with Crippen LogP contribution in [0, 0.1) is 10.1 Å². The summed E-state index contributed by atoms with van der Waals surface area (Å²) in [6.45, 7) is 0. The highest BCUT2D eigenvalue weighted by Crippen LogP contribution is 2.38. The maximum Gasteiger partial charge on any atom is 0.330 e. The van der Waals surface area contributed by atoms with Gasteiger partial charge in [0, 0.05) is 29.5 Å². The van der Waals surface area contributed by atoms with Gasteiger partial charge in [-0.3, -0.25) is 19.9 Å². The lowest BCUT2D eigenvalue weighted by atomic mass is 9.90. The molecule has 1 unspecified atom stereocenters. The molecular weight excluding hydrogens is 450 g/mol. The van der Waals surface area contributed by atoms with Crippen molar-refractivity contribution in [3.63, 3.8) is 0 Å². The highest BCUT2D eigenvalue weighted by Gasteiger charge is 2.36. The normalized spacial score (nSPS) is 15.0. The molecule has 35 heavy (non-hydrogen) atoms. The molecule has 3 aromatic rings. The number of methoxy groups -OCH3 is 2.